The van der Waals surface area contributed by atoms with Crippen molar-refractivity contribution < 1.29 is 22.7 Å². The molecule has 1 N–H and O–H groups in total. The van der Waals surface area contributed by atoms with Crippen molar-refractivity contribution in [3.63, 3.8) is 0 Å². The molecule has 1 saturated heterocycles. The van der Waals surface area contributed by atoms with Crippen LogP contribution in [0, 0.1) is 6.92 Å². The van der Waals surface area contributed by atoms with Crippen molar-refractivity contribution in [1.82, 2.24) is 4.31 Å². The Balaban J connectivity index is 1.86. The summed E-state index contributed by atoms with van der Waals surface area (Å²) in [6.45, 7) is 2.88. The number of benzene rings is 2. The summed E-state index contributed by atoms with van der Waals surface area (Å²) in [5.41, 5.74) is 1.62. The SMILES string of the molecule is COc1ccc(C(=O)Nc2cc(S(=O)(=O)N3CCCCC3)ccc2C)cc1OC. The van der Waals surface area contributed by atoms with Gasteiger partial charge in [0, 0.05) is 24.3 Å². The minimum Gasteiger partial charge on any atom is -0.493 e. The second-order valence-electron chi connectivity index (χ2n) is 6.97. The standard InChI is InChI=1S/C21H26N2O5S/c1-15-7-9-17(29(25,26)23-11-5-4-6-12-23)14-18(15)22-21(24)16-8-10-19(27-2)20(13-16)28-3/h7-10,13-14H,4-6,11-12H2,1-3H3,(H,22,24). The van der Waals surface area contributed by atoms with E-state index in [4.69, 9.17) is 9.47 Å². The third-order valence-corrected chi connectivity index (χ3v) is 6.95. The van der Waals surface area contributed by atoms with Gasteiger partial charge in [-0.1, -0.05) is 12.5 Å². The number of rotatable bonds is 6. The van der Waals surface area contributed by atoms with Gasteiger partial charge in [0.25, 0.3) is 5.91 Å². The largest absolute Gasteiger partial charge is 0.493 e. The van der Waals surface area contributed by atoms with Crippen LogP contribution >= 0.6 is 0 Å². The van der Waals surface area contributed by atoms with Crippen molar-refractivity contribution in [1.29, 1.82) is 0 Å². The lowest BCUT2D eigenvalue weighted by molar-refractivity contribution is 0.102. The number of carbonyl (C=O) groups is 1. The molecule has 0 aromatic heterocycles. The Kier molecular flexibility index (Phi) is 6.44. The number of nitrogens with zero attached hydrogens (tertiary/aromatic N) is 1. The monoisotopic (exact) mass is 418 g/mol. The van der Waals surface area contributed by atoms with Gasteiger partial charge in [0.05, 0.1) is 19.1 Å². The van der Waals surface area contributed by atoms with Crippen LogP contribution in [0.15, 0.2) is 41.3 Å². The summed E-state index contributed by atoms with van der Waals surface area (Å²) >= 11 is 0. The summed E-state index contributed by atoms with van der Waals surface area (Å²) in [5, 5.41) is 2.81. The van der Waals surface area contributed by atoms with Crippen LogP contribution < -0.4 is 14.8 Å². The maximum atomic E-state index is 12.9. The minimum atomic E-state index is -3.58. The van der Waals surface area contributed by atoms with Gasteiger partial charge in [-0.05, 0) is 55.7 Å². The number of sulfonamides is 1. The van der Waals surface area contributed by atoms with Crippen LogP contribution in [-0.4, -0.2) is 45.9 Å². The zero-order valence-corrected chi connectivity index (χ0v) is 17.7. The van der Waals surface area contributed by atoms with Crippen LogP contribution in [-0.2, 0) is 10.0 Å². The molecule has 1 amide bonds. The number of nitrogens with one attached hydrogen (secondary N) is 1. The lowest BCUT2D eigenvalue weighted by Crippen LogP contribution is -2.35. The number of hydrogen-bond acceptors (Lipinski definition) is 5. The van der Waals surface area contributed by atoms with Crippen molar-refractivity contribution >= 4 is 21.6 Å². The molecule has 3 rings (SSSR count). The van der Waals surface area contributed by atoms with Crippen LogP contribution in [0.5, 0.6) is 11.5 Å². The van der Waals surface area contributed by atoms with Gasteiger partial charge >= 0.3 is 0 Å². The number of anilines is 1. The van der Waals surface area contributed by atoms with Crippen molar-refractivity contribution in [2.75, 3.05) is 32.6 Å². The van der Waals surface area contributed by atoms with Gasteiger partial charge in [-0.3, -0.25) is 4.79 Å². The average molecular weight is 419 g/mol. The second kappa shape index (κ2) is 8.84. The van der Waals surface area contributed by atoms with Gasteiger partial charge < -0.3 is 14.8 Å². The Morgan fingerprint density at radius 3 is 2.31 bits per heavy atom. The molecule has 0 saturated carbocycles. The number of carbonyl (C=O) groups excluding carboxylic acids is 1. The molecule has 0 radical (unpaired) electrons. The van der Waals surface area contributed by atoms with Crippen LogP contribution in [0.2, 0.25) is 0 Å². The van der Waals surface area contributed by atoms with Gasteiger partial charge in [0.1, 0.15) is 0 Å². The van der Waals surface area contributed by atoms with Gasteiger partial charge in [0.15, 0.2) is 11.5 Å². The average Bonchev–Trinajstić information content (AvgIpc) is 2.75. The van der Waals surface area contributed by atoms with Gasteiger partial charge in [-0.2, -0.15) is 4.31 Å². The van der Waals surface area contributed by atoms with Gasteiger partial charge in [0.2, 0.25) is 10.0 Å². The smallest absolute Gasteiger partial charge is 0.255 e. The van der Waals surface area contributed by atoms with Crippen molar-refractivity contribution in [3.8, 4) is 11.5 Å². The number of amides is 1. The fourth-order valence-electron chi connectivity index (χ4n) is 3.32. The van der Waals surface area contributed by atoms with E-state index in [-0.39, 0.29) is 10.8 Å². The zero-order valence-electron chi connectivity index (χ0n) is 16.9. The summed E-state index contributed by atoms with van der Waals surface area (Å²) in [4.78, 5) is 12.9. The molecule has 29 heavy (non-hydrogen) atoms. The molecule has 0 unspecified atom stereocenters. The van der Waals surface area contributed by atoms with E-state index in [1.54, 1.807) is 30.3 Å². The molecule has 7 nitrogen and oxygen atoms in total. The zero-order chi connectivity index (χ0) is 21.0. The molecule has 2 aromatic carbocycles. The summed E-state index contributed by atoms with van der Waals surface area (Å²) in [7, 11) is -0.554. The Bertz CT molecular complexity index is 998. The second-order valence-corrected chi connectivity index (χ2v) is 8.90. The van der Waals surface area contributed by atoms with E-state index in [9.17, 15) is 13.2 Å². The number of ether oxygens (including phenoxy) is 2. The summed E-state index contributed by atoms with van der Waals surface area (Å²) < 4.78 is 37.8. The Hall–Kier alpha value is -2.58. The summed E-state index contributed by atoms with van der Waals surface area (Å²) in [6.07, 6.45) is 2.79. The molecule has 0 bridgehead atoms. The molecular weight excluding hydrogens is 392 g/mol. The van der Waals surface area contributed by atoms with Gasteiger partial charge in [-0.15, -0.1) is 0 Å². The highest BCUT2D eigenvalue weighted by Crippen LogP contribution is 2.29. The quantitative estimate of drug-likeness (QED) is 0.777. The summed E-state index contributed by atoms with van der Waals surface area (Å²) in [5.74, 6) is 0.606. The fourth-order valence-corrected chi connectivity index (χ4v) is 4.87. The topological polar surface area (TPSA) is 84.9 Å². The number of hydrogen-bond donors (Lipinski definition) is 1. The van der Waals surface area contributed by atoms with Crippen LogP contribution in [0.25, 0.3) is 0 Å². The van der Waals surface area contributed by atoms with Gasteiger partial charge in [-0.25, -0.2) is 8.42 Å². The van der Waals surface area contributed by atoms with Crippen molar-refractivity contribution in [3.05, 3.63) is 47.5 Å². The molecule has 2 aromatic rings. The molecule has 1 aliphatic rings. The number of methoxy groups -OCH3 is 2. The van der Waals surface area contributed by atoms with E-state index in [1.165, 1.54) is 24.6 Å². The predicted octanol–water partition coefficient (Wildman–Crippen LogP) is 3.44. The Morgan fingerprint density at radius 1 is 0.966 bits per heavy atom. The Morgan fingerprint density at radius 2 is 1.66 bits per heavy atom. The number of piperidine rings is 1. The fraction of sp³-hybridized carbons (Fsp3) is 0.381. The normalized spacial score (nSPS) is 15.0. The molecule has 0 aliphatic carbocycles. The number of aryl methyl sites for hydroxylation is 1. The molecule has 0 atom stereocenters. The van der Waals surface area contributed by atoms with E-state index in [1.807, 2.05) is 6.92 Å². The first kappa shape index (κ1) is 21.1. The third kappa shape index (κ3) is 4.54. The lowest BCUT2D eigenvalue weighted by atomic mass is 10.1. The molecule has 0 spiro atoms. The van der Waals surface area contributed by atoms with E-state index < -0.39 is 10.0 Å². The molecule has 1 fully saturated rings. The molecule has 1 heterocycles. The highest BCUT2D eigenvalue weighted by Gasteiger charge is 2.26. The van der Waals surface area contributed by atoms with E-state index >= 15 is 0 Å². The van der Waals surface area contributed by atoms with Crippen molar-refractivity contribution in [2.24, 2.45) is 0 Å². The highest BCUT2D eigenvalue weighted by molar-refractivity contribution is 7.89. The van der Waals surface area contributed by atoms with Crippen LogP contribution in [0.3, 0.4) is 0 Å². The van der Waals surface area contributed by atoms with Crippen molar-refractivity contribution in [2.45, 2.75) is 31.1 Å². The maximum absolute atomic E-state index is 12.9. The van der Waals surface area contributed by atoms with Crippen LogP contribution in [0.1, 0.15) is 35.2 Å². The van der Waals surface area contributed by atoms with E-state index in [2.05, 4.69) is 5.32 Å². The third-order valence-electron chi connectivity index (χ3n) is 5.06. The first-order chi connectivity index (χ1) is 13.9. The first-order valence-electron chi connectivity index (χ1n) is 9.51. The van der Waals surface area contributed by atoms with E-state index in [0.29, 0.717) is 35.8 Å². The molecule has 1 aliphatic heterocycles. The molecular formula is C21H26N2O5S. The highest BCUT2D eigenvalue weighted by atomic mass is 32.2. The molecule has 8 heteroatoms. The minimum absolute atomic E-state index is 0.188. The van der Waals surface area contributed by atoms with E-state index in [0.717, 1.165) is 24.8 Å². The van der Waals surface area contributed by atoms with Crippen LogP contribution in [0.4, 0.5) is 5.69 Å². The predicted molar refractivity (Wildman–Crippen MR) is 111 cm³/mol. The Labute approximate surface area is 171 Å². The maximum Gasteiger partial charge on any atom is 0.255 e. The lowest BCUT2D eigenvalue weighted by Gasteiger charge is -2.26. The first-order valence-corrected chi connectivity index (χ1v) is 10.9. The summed E-state index contributed by atoms with van der Waals surface area (Å²) in [6, 6.07) is 9.68. The molecule has 156 valence electrons.